The van der Waals surface area contributed by atoms with Crippen molar-refractivity contribution in [2.75, 3.05) is 19.8 Å². The normalized spacial score (nSPS) is 14.6. The van der Waals surface area contributed by atoms with E-state index in [9.17, 15) is 14.5 Å². The molecule has 0 amide bonds. The Bertz CT molecular complexity index is 865. The number of phosphoric acid groups is 1. The third kappa shape index (κ3) is 6.88. The Kier molecular flexibility index (Phi) is 9.69. The van der Waals surface area contributed by atoms with Crippen LogP contribution in [-0.2, 0) is 34.1 Å². The maximum atomic E-state index is 13.2. The summed E-state index contributed by atoms with van der Waals surface area (Å²) >= 11 is 6.01. The summed E-state index contributed by atoms with van der Waals surface area (Å²) in [4.78, 5) is 13.0. The summed E-state index contributed by atoms with van der Waals surface area (Å²) in [6.07, 6.45) is -1.58. The van der Waals surface area contributed by atoms with Gasteiger partial charge in [0.25, 0.3) is 0 Å². The van der Waals surface area contributed by atoms with Gasteiger partial charge in [-0.15, -0.1) is 0 Å². The van der Waals surface area contributed by atoms with Crippen molar-refractivity contribution in [1.82, 2.24) is 0 Å². The quantitative estimate of drug-likeness (QED) is 0.340. The van der Waals surface area contributed by atoms with Crippen molar-refractivity contribution in [3.63, 3.8) is 0 Å². The van der Waals surface area contributed by atoms with E-state index >= 15 is 0 Å². The first kappa shape index (κ1) is 25.5. The van der Waals surface area contributed by atoms with Gasteiger partial charge in [-0.1, -0.05) is 54.1 Å². The highest BCUT2D eigenvalue weighted by Gasteiger charge is 2.50. The number of carbonyl (C=O) groups is 1. The predicted octanol–water partition coefficient (Wildman–Crippen LogP) is 5.12. The molecule has 0 heterocycles. The third-order valence-corrected chi connectivity index (χ3v) is 6.23. The predicted molar refractivity (Wildman–Crippen MR) is 118 cm³/mol. The van der Waals surface area contributed by atoms with E-state index in [-0.39, 0.29) is 26.2 Å². The topological polar surface area (TPSA) is 91.3 Å². The van der Waals surface area contributed by atoms with Gasteiger partial charge < -0.3 is 9.84 Å². The number of hydrogen-bond donors (Lipinski definition) is 1. The molecular weight excluding hydrogens is 443 g/mol. The fraction of sp³-hybridized carbons (Fsp3) is 0.409. The molecule has 2 aromatic carbocycles. The van der Waals surface area contributed by atoms with Crippen LogP contribution in [0.1, 0.15) is 38.0 Å². The number of rotatable bonds is 12. The van der Waals surface area contributed by atoms with Crippen LogP contribution in [-0.4, -0.2) is 36.5 Å². The monoisotopic (exact) mass is 470 g/mol. The van der Waals surface area contributed by atoms with Crippen molar-refractivity contribution in [1.29, 1.82) is 0 Å². The van der Waals surface area contributed by atoms with Crippen LogP contribution in [0.2, 0.25) is 5.02 Å². The molecule has 0 spiro atoms. The average Bonchev–Trinajstić information content (AvgIpc) is 2.74. The summed E-state index contributed by atoms with van der Waals surface area (Å²) in [5.74, 6) is -0.918. The van der Waals surface area contributed by atoms with Crippen LogP contribution in [0.4, 0.5) is 0 Å². The first-order chi connectivity index (χ1) is 14.8. The highest BCUT2D eigenvalue weighted by Crippen LogP contribution is 2.55. The van der Waals surface area contributed by atoms with E-state index in [0.29, 0.717) is 16.1 Å². The Morgan fingerprint density at radius 1 is 1.00 bits per heavy atom. The summed E-state index contributed by atoms with van der Waals surface area (Å²) < 4.78 is 34.6. The van der Waals surface area contributed by atoms with Crippen LogP contribution in [0.5, 0.6) is 0 Å². The maximum absolute atomic E-state index is 13.2. The standard InChI is InChI=1S/C22H28ClO7P/c1-4-27-21(24)22(25,16-17-10-8-7-9-11-17)20(18-12-14-19(23)15-13-18)30-31(26,28-5-2)29-6-3/h7-15,20,25H,4-6,16H2,1-3H3/t20-,22-/m0/s1. The molecule has 170 valence electrons. The molecule has 0 aliphatic rings. The smallest absolute Gasteiger partial charge is 0.464 e. The number of carbonyl (C=O) groups excluding carboxylic acids is 1. The summed E-state index contributed by atoms with van der Waals surface area (Å²) in [6, 6.07) is 15.2. The van der Waals surface area contributed by atoms with Gasteiger partial charge in [0.1, 0.15) is 6.10 Å². The molecule has 2 atom stereocenters. The first-order valence-electron chi connectivity index (χ1n) is 10.0. The molecule has 0 saturated heterocycles. The number of halogens is 1. The molecule has 0 unspecified atom stereocenters. The second-order valence-corrected chi connectivity index (χ2v) is 8.68. The Morgan fingerprint density at radius 3 is 2.10 bits per heavy atom. The van der Waals surface area contributed by atoms with Crippen molar-refractivity contribution >= 4 is 25.4 Å². The molecular formula is C22H28ClO7P. The summed E-state index contributed by atoms with van der Waals surface area (Å²) in [5.41, 5.74) is -1.21. The molecule has 0 aliphatic heterocycles. The number of ether oxygens (including phenoxy) is 1. The summed E-state index contributed by atoms with van der Waals surface area (Å²) in [6.45, 7) is 5.02. The van der Waals surface area contributed by atoms with Gasteiger partial charge in [-0.05, 0) is 44.0 Å². The van der Waals surface area contributed by atoms with Crippen LogP contribution < -0.4 is 0 Å². The molecule has 31 heavy (non-hydrogen) atoms. The number of benzene rings is 2. The number of hydrogen-bond acceptors (Lipinski definition) is 7. The molecule has 7 nitrogen and oxygen atoms in total. The average molecular weight is 471 g/mol. The van der Waals surface area contributed by atoms with E-state index in [2.05, 4.69) is 0 Å². The van der Waals surface area contributed by atoms with Crippen molar-refractivity contribution < 1.29 is 32.8 Å². The van der Waals surface area contributed by atoms with Gasteiger partial charge in [-0.25, -0.2) is 9.36 Å². The molecule has 1 N–H and O–H groups in total. The third-order valence-electron chi connectivity index (χ3n) is 4.36. The van der Waals surface area contributed by atoms with Crippen molar-refractivity contribution in [3.8, 4) is 0 Å². The van der Waals surface area contributed by atoms with E-state index in [1.165, 1.54) is 0 Å². The van der Waals surface area contributed by atoms with Gasteiger partial charge in [0.05, 0.1) is 19.8 Å². The van der Waals surface area contributed by atoms with Gasteiger partial charge in [-0.2, -0.15) is 0 Å². The second kappa shape index (κ2) is 11.8. The van der Waals surface area contributed by atoms with Gasteiger partial charge >= 0.3 is 13.8 Å². The minimum atomic E-state index is -4.11. The lowest BCUT2D eigenvalue weighted by molar-refractivity contribution is -0.177. The molecule has 0 aromatic heterocycles. The number of phosphoric ester groups is 1. The fourth-order valence-corrected chi connectivity index (χ4v) is 4.55. The van der Waals surface area contributed by atoms with E-state index in [1.807, 2.05) is 6.07 Å². The summed E-state index contributed by atoms with van der Waals surface area (Å²) in [5, 5.41) is 12.1. The lowest BCUT2D eigenvalue weighted by Crippen LogP contribution is -2.48. The molecule has 2 rings (SSSR count). The van der Waals surface area contributed by atoms with E-state index < -0.39 is 25.5 Å². The molecule has 0 aliphatic carbocycles. The fourth-order valence-electron chi connectivity index (χ4n) is 3.04. The zero-order chi connectivity index (χ0) is 22.9. The molecule has 0 saturated carbocycles. The molecule has 0 fully saturated rings. The van der Waals surface area contributed by atoms with Crippen LogP contribution in [0.25, 0.3) is 0 Å². The van der Waals surface area contributed by atoms with Crippen LogP contribution in [0, 0.1) is 0 Å². The lowest BCUT2D eigenvalue weighted by atomic mass is 9.85. The van der Waals surface area contributed by atoms with Gasteiger partial charge in [0.2, 0.25) is 0 Å². The second-order valence-electron chi connectivity index (χ2n) is 6.63. The zero-order valence-corrected chi connectivity index (χ0v) is 19.5. The lowest BCUT2D eigenvalue weighted by Gasteiger charge is -2.35. The Morgan fingerprint density at radius 2 is 1.58 bits per heavy atom. The van der Waals surface area contributed by atoms with Crippen molar-refractivity contribution in [2.45, 2.75) is 38.9 Å². The van der Waals surface area contributed by atoms with Crippen molar-refractivity contribution in [3.05, 3.63) is 70.7 Å². The SMILES string of the molecule is CCOC(=O)[C@](O)(Cc1ccccc1)[C@@H](OP(=O)(OCC)OCC)c1ccc(Cl)cc1. The minimum absolute atomic E-state index is 0.0395. The molecule has 2 aromatic rings. The van der Waals surface area contributed by atoms with Crippen LogP contribution in [0.15, 0.2) is 54.6 Å². The van der Waals surface area contributed by atoms with Gasteiger partial charge in [0, 0.05) is 11.4 Å². The maximum Gasteiger partial charge on any atom is 0.475 e. The zero-order valence-electron chi connectivity index (χ0n) is 17.8. The minimum Gasteiger partial charge on any atom is -0.464 e. The Labute approximate surface area is 187 Å². The highest BCUT2D eigenvalue weighted by molar-refractivity contribution is 7.48. The first-order valence-corrected chi connectivity index (χ1v) is 11.9. The number of esters is 1. The molecule has 0 radical (unpaired) electrons. The van der Waals surface area contributed by atoms with Crippen LogP contribution >= 0.6 is 19.4 Å². The van der Waals surface area contributed by atoms with Gasteiger partial charge in [0.15, 0.2) is 5.60 Å². The van der Waals surface area contributed by atoms with E-state index in [4.69, 9.17) is 29.9 Å². The highest BCUT2D eigenvalue weighted by atomic mass is 35.5. The number of aliphatic hydroxyl groups is 1. The van der Waals surface area contributed by atoms with E-state index in [0.717, 1.165) is 0 Å². The van der Waals surface area contributed by atoms with Crippen molar-refractivity contribution in [2.24, 2.45) is 0 Å². The largest absolute Gasteiger partial charge is 0.475 e. The Balaban J connectivity index is 2.60. The molecule has 0 bridgehead atoms. The molecule has 9 heteroatoms. The Hall–Kier alpha value is -1.73. The van der Waals surface area contributed by atoms with Gasteiger partial charge in [-0.3, -0.25) is 13.6 Å². The van der Waals surface area contributed by atoms with E-state index in [1.54, 1.807) is 69.3 Å². The summed E-state index contributed by atoms with van der Waals surface area (Å²) in [7, 11) is -4.11. The van der Waals surface area contributed by atoms with Crippen LogP contribution in [0.3, 0.4) is 0 Å².